The summed E-state index contributed by atoms with van der Waals surface area (Å²) in [6.45, 7) is 4.37. The fourth-order valence-electron chi connectivity index (χ4n) is 6.54. The first-order valence-electron chi connectivity index (χ1n) is 24.4. The highest BCUT2D eigenvalue weighted by atomic mass is 31.2. The van der Waals surface area contributed by atoms with E-state index in [9.17, 15) is 19.0 Å². The van der Waals surface area contributed by atoms with E-state index in [1.165, 1.54) is 128 Å². The molecular weight excluding hydrogens is 774 g/mol. The molecule has 1 unspecified atom stereocenters. The summed E-state index contributed by atoms with van der Waals surface area (Å²) in [4.78, 5) is 35.4. The van der Waals surface area contributed by atoms with E-state index in [2.05, 4.69) is 62.5 Å². The molecule has 0 aromatic heterocycles. The maximum atomic E-state index is 12.7. The molecule has 0 aliphatic rings. The van der Waals surface area contributed by atoms with Crippen molar-refractivity contribution in [3.8, 4) is 0 Å². The first kappa shape index (κ1) is 58.0. The van der Waals surface area contributed by atoms with E-state index < -0.39 is 32.5 Å². The Morgan fingerprint density at radius 2 is 0.917 bits per heavy atom. The number of esters is 2. The van der Waals surface area contributed by atoms with E-state index in [0.717, 1.165) is 38.5 Å². The van der Waals surface area contributed by atoms with E-state index in [-0.39, 0.29) is 26.1 Å². The largest absolute Gasteiger partial charge is 0.472 e. The molecule has 0 bridgehead atoms. The molecule has 0 aliphatic carbocycles. The lowest BCUT2D eigenvalue weighted by Gasteiger charge is -2.24. The molecule has 0 fully saturated rings. The summed E-state index contributed by atoms with van der Waals surface area (Å²) in [6.07, 6.45) is 50.3. The highest BCUT2D eigenvalue weighted by Crippen LogP contribution is 2.43. The Morgan fingerprint density at radius 1 is 0.517 bits per heavy atom. The van der Waals surface area contributed by atoms with Gasteiger partial charge in [-0.05, 0) is 51.4 Å². The number of hydrogen-bond acceptors (Lipinski definition) is 7. The average molecular weight is 867 g/mol. The van der Waals surface area contributed by atoms with Gasteiger partial charge in [-0.2, -0.15) is 0 Å². The summed E-state index contributed by atoms with van der Waals surface area (Å²) in [5.74, 6) is -0.859. The van der Waals surface area contributed by atoms with Gasteiger partial charge in [0.25, 0.3) is 0 Å². The number of allylic oxidation sites excluding steroid dienone is 8. The van der Waals surface area contributed by atoms with Crippen molar-refractivity contribution in [2.75, 3.05) is 47.5 Å². The van der Waals surface area contributed by atoms with Crippen LogP contribution in [0.15, 0.2) is 48.6 Å². The number of unbranched alkanes of at least 4 members (excludes halogenated alkanes) is 22. The van der Waals surface area contributed by atoms with E-state index in [1.54, 1.807) is 0 Å². The van der Waals surface area contributed by atoms with Gasteiger partial charge in [0.05, 0.1) is 27.7 Å². The molecule has 10 heteroatoms. The molecule has 0 rings (SSSR count). The summed E-state index contributed by atoms with van der Waals surface area (Å²) in [6, 6.07) is 0. The van der Waals surface area contributed by atoms with Crippen molar-refractivity contribution < 1.29 is 42.1 Å². The highest BCUT2D eigenvalue weighted by Gasteiger charge is 2.27. The number of carbonyl (C=O) groups excluding carboxylic acids is 2. The van der Waals surface area contributed by atoms with Crippen LogP contribution in [-0.2, 0) is 32.7 Å². The summed E-state index contributed by atoms with van der Waals surface area (Å²) >= 11 is 0. The predicted octanol–water partition coefficient (Wildman–Crippen LogP) is 14.2. The van der Waals surface area contributed by atoms with E-state index in [0.29, 0.717) is 23.9 Å². The minimum Gasteiger partial charge on any atom is -0.462 e. The molecule has 60 heavy (non-hydrogen) atoms. The van der Waals surface area contributed by atoms with Crippen LogP contribution in [0, 0.1) is 0 Å². The van der Waals surface area contributed by atoms with Gasteiger partial charge in [0, 0.05) is 12.8 Å². The van der Waals surface area contributed by atoms with Crippen LogP contribution in [0.5, 0.6) is 0 Å². The van der Waals surface area contributed by atoms with Gasteiger partial charge in [-0.3, -0.25) is 18.6 Å². The Labute approximate surface area is 369 Å². The number of rotatable bonds is 44. The molecular formula is C50H93NO8P+. The standard InChI is InChI=1S/C50H92NO8P/c1-6-8-10-12-14-16-18-20-22-23-24-25-26-27-29-30-32-34-36-38-40-42-49(52)56-46-48(47-58-60(54,55)57-45-44-51(3,4)5)59-50(53)43-41-39-37-35-33-31-28-21-19-17-15-13-11-9-7-2/h22-23,25-26,29-30,34,36,48H,6-21,24,27-28,31-33,35,37-47H2,1-5H3/p+1/b23-22+,26-25+,30-29+,36-34+/t48-/m0/s1. The van der Waals surface area contributed by atoms with Gasteiger partial charge >= 0.3 is 19.8 Å². The van der Waals surface area contributed by atoms with Crippen molar-refractivity contribution in [1.29, 1.82) is 0 Å². The number of ether oxygens (including phenoxy) is 2. The van der Waals surface area contributed by atoms with Gasteiger partial charge in [-0.1, -0.05) is 191 Å². The zero-order chi connectivity index (χ0) is 44.3. The predicted molar refractivity (Wildman–Crippen MR) is 252 cm³/mol. The van der Waals surface area contributed by atoms with Gasteiger partial charge < -0.3 is 18.9 Å². The fraction of sp³-hybridized carbons (Fsp3) is 0.800. The zero-order valence-electron chi connectivity index (χ0n) is 39.4. The van der Waals surface area contributed by atoms with E-state index >= 15 is 0 Å². The van der Waals surface area contributed by atoms with Crippen LogP contribution in [-0.4, -0.2) is 74.9 Å². The second kappa shape index (κ2) is 42.3. The van der Waals surface area contributed by atoms with Crippen molar-refractivity contribution in [3.63, 3.8) is 0 Å². The van der Waals surface area contributed by atoms with Crippen molar-refractivity contribution in [3.05, 3.63) is 48.6 Å². The minimum absolute atomic E-state index is 0.0233. The smallest absolute Gasteiger partial charge is 0.462 e. The van der Waals surface area contributed by atoms with Gasteiger partial charge in [0.15, 0.2) is 6.10 Å². The highest BCUT2D eigenvalue weighted by molar-refractivity contribution is 7.47. The lowest BCUT2D eigenvalue weighted by molar-refractivity contribution is -0.870. The second-order valence-electron chi connectivity index (χ2n) is 17.5. The summed E-state index contributed by atoms with van der Waals surface area (Å²) < 4.78 is 34.3. The summed E-state index contributed by atoms with van der Waals surface area (Å²) in [7, 11) is 1.45. The first-order chi connectivity index (χ1) is 29.0. The van der Waals surface area contributed by atoms with Crippen molar-refractivity contribution in [2.24, 2.45) is 0 Å². The van der Waals surface area contributed by atoms with Crippen LogP contribution in [0.2, 0.25) is 0 Å². The zero-order valence-corrected chi connectivity index (χ0v) is 40.3. The lowest BCUT2D eigenvalue weighted by Crippen LogP contribution is -2.37. The molecule has 9 nitrogen and oxygen atoms in total. The Hall–Kier alpha value is -2.03. The number of quaternary nitrogens is 1. The Bertz CT molecular complexity index is 1160. The molecule has 0 heterocycles. The van der Waals surface area contributed by atoms with Crippen molar-refractivity contribution in [2.45, 2.75) is 213 Å². The minimum atomic E-state index is -4.39. The van der Waals surface area contributed by atoms with Crippen LogP contribution in [0.3, 0.4) is 0 Å². The quantitative estimate of drug-likeness (QED) is 0.0212. The Kier molecular flexibility index (Phi) is 40.8. The van der Waals surface area contributed by atoms with E-state index in [1.807, 2.05) is 21.1 Å². The van der Waals surface area contributed by atoms with Crippen LogP contribution in [0.1, 0.15) is 206 Å². The number of nitrogens with zero attached hydrogens (tertiary/aromatic N) is 1. The molecule has 0 aromatic rings. The van der Waals surface area contributed by atoms with Gasteiger partial charge in [0.2, 0.25) is 0 Å². The maximum Gasteiger partial charge on any atom is 0.472 e. The Balaban J connectivity index is 4.38. The fourth-order valence-corrected chi connectivity index (χ4v) is 7.28. The molecule has 1 N–H and O–H groups in total. The molecule has 0 saturated heterocycles. The molecule has 2 atom stereocenters. The lowest BCUT2D eigenvalue weighted by atomic mass is 10.0. The number of hydrogen-bond donors (Lipinski definition) is 1. The molecule has 0 spiro atoms. The van der Waals surface area contributed by atoms with E-state index in [4.69, 9.17) is 18.5 Å². The van der Waals surface area contributed by atoms with Crippen LogP contribution in [0.4, 0.5) is 0 Å². The molecule has 350 valence electrons. The average Bonchev–Trinajstić information content (AvgIpc) is 3.20. The third kappa shape index (κ3) is 45.5. The van der Waals surface area contributed by atoms with Crippen molar-refractivity contribution in [1.82, 2.24) is 0 Å². The maximum absolute atomic E-state index is 12.7. The monoisotopic (exact) mass is 867 g/mol. The number of carbonyl (C=O) groups is 2. The van der Waals surface area contributed by atoms with Crippen molar-refractivity contribution >= 4 is 19.8 Å². The molecule has 0 saturated carbocycles. The topological polar surface area (TPSA) is 108 Å². The van der Waals surface area contributed by atoms with Crippen LogP contribution >= 0.6 is 7.82 Å². The summed E-state index contributed by atoms with van der Waals surface area (Å²) in [5.41, 5.74) is 0. The van der Waals surface area contributed by atoms with Gasteiger partial charge in [-0.15, -0.1) is 0 Å². The van der Waals surface area contributed by atoms with Crippen LogP contribution < -0.4 is 0 Å². The SMILES string of the molecule is CCCCCCCCC/C=C/C/C=C/C/C=C/C/C=C/CCCC(=O)OC[C@@H](COP(=O)(O)OCC[N+](C)(C)C)OC(=O)CCCCCCCCCCCCCCCCC. The van der Waals surface area contributed by atoms with Gasteiger partial charge in [0.1, 0.15) is 19.8 Å². The third-order valence-corrected chi connectivity index (χ3v) is 11.3. The first-order valence-corrected chi connectivity index (χ1v) is 25.9. The molecule has 0 radical (unpaired) electrons. The van der Waals surface area contributed by atoms with Crippen LogP contribution in [0.25, 0.3) is 0 Å². The number of phosphoric acid groups is 1. The third-order valence-electron chi connectivity index (χ3n) is 10.4. The number of phosphoric ester groups is 1. The Morgan fingerprint density at radius 3 is 1.38 bits per heavy atom. The normalized spacial score (nSPS) is 13.9. The van der Waals surface area contributed by atoms with Gasteiger partial charge in [-0.25, -0.2) is 4.57 Å². The summed E-state index contributed by atoms with van der Waals surface area (Å²) in [5, 5.41) is 0. The molecule has 0 amide bonds. The number of likely N-dealkylation sites (N-methyl/N-ethyl adjacent to an activating group) is 1. The molecule has 0 aromatic carbocycles. The molecule has 0 aliphatic heterocycles. The second-order valence-corrected chi connectivity index (χ2v) is 19.0.